The highest BCUT2D eigenvalue weighted by Crippen LogP contribution is 2.33. The van der Waals surface area contributed by atoms with E-state index in [9.17, 15) is 0 Å². The summed E-state index contributed by atoms with van der Waals surface area (Å²) in [5.41, 5.74) is 6.60. The molecule has 0 aliphatic heterocycles. The van der Waals surface area contributed by atoms with Crippen LogP contribution in [0.3, 0.4) is 0 Å². The third-order valence-corrected chi connectivity index (χ3v) is 4.23. The number of hydrogen-bond acceptors (Lipinski definition) is 2. The largest absolute Gasteiger partial charge is 0.354 e. The maximum Gasteiger partial charge on any atom is 0.0629 e. The average molecular weight is 336 g/mol. The first-order chi connectivity index (χ1) is 12.9. The van der Waals surface area contributed by atoms with Crippen molar-refractivity contribution in [2.45, 2.75) is 0 Å². The molecule has 126 valence electrons. The second-order valence-electron chi connectivity index (χ2n) is 6.11. The Bertz CT molecular complexity index is 965. The molecule has 0 atom stereocenters. The Kier molecular flexibility index (Phi) is 4.66. The van der Waals surface area contributed by atoms with Crippen LogP contribution in [-0.2, 0) is 0 Å². The molecule has 0 aliphatic carbocycles. The Balaban J connectivity index is 1.72. The van der Waals surface area contributed by atoms with Crippen LogP contribution in [-0.4, -0.2) is 0 Å². The fourth-order valence-corrected chi connectivity index (χ4v) is 2.92. The van der Waals surface area contributed by atoms with Crippen molar-refractivity contribution < 1.29 is 0 Å². The molecule has 4 rings (SSSR count). The predicted molar refractivity (Wildman–Crippen MR) is 111 cm³/mol. The zero-order chi connectivity index (χ0) is 17.6. The maximum atomic E-state index is 3.54. The molecule has 0 heterocycles. The zero-order valence-electron chi connectivity index (χ0n) is 14.4. The van der Waals surface area contributed by atoms with Crippen LogP contribution in [0.4, 0.5) is 22.7 Å². The van der Waals surface area contributed by atoms with Crippen LogP contribution in [0, 0.1) is 0 Å². The van der Waals surface area contributed by atoms with Gasteiger partial charge in [-0.05, 0) is 47.5 Å². The molecule has 2 N–H and O–H groups in total. The number of rotatable bonds is 5. The standard InChI is InChI=1S/C24H20N2/c1-4-10-19(11-5-1)20-16-17-23(25-21-12-6-2-7-13-21)24(18-20)26-22-14-8-3-9-15-22/h1-18,25-26H. The second-order valence-corrected chi connectivity index (χ2v) is 6.11. The van der Waals surface area contributed by atoms with E-state index in [2.05, 4.69) is 77.4 Å². The fourth-order valence-electron chi connectivity index (χ4n) is 2.92. The molecule has 4 aromatic carbocycles. The molecule has 0 unspecified atom stereocenters. The van der Waals surface area contributed by atoms with Gasteiger partial charge < -0.3 is 10.6 Å². The summed E-state index contributed by atoms with van der Waals surface area (Å²) in [6, 6.07) is 37.4. The number of benzene rings is 4. The van der Waals surface area contributed by atoms with E-state index in [1.165, 1.54) is 11.1 Å². The molecule has 0 saturated carbocycles. The maximum absolute atomic E-state index is 3.54. The first-order valence-corrected chi connectivity index (χ1v) is 8.72. The molecule has 0 bridgehead atoms. The molecule has 0 saturated heterocycles. The van der Waals surface area contributed by atoms with Crippen LogP contribution in [0.1, 0.15) is 0 Å². The fraction of sp³-hybridized carbons (Fsp3) is 0. The molecule has 2 nitrogen and oxygen atoms in total. The summed E-state index contributed by atoms with van der Waals surface area (Å²) in [6.45, 7) is 0. The molecular weight excluding hydrogens is 316 g/mol. The van der Waals surface area contributed by atoms with Gasteiger partial charge in [0.05, 0.1) is 11.4 Å². The van der Waals surface area contributed by atoms with Crippen molar-refractivity contribution >= 4 is 22.7 Å². The average Bonchev–Trinajstić information content (AvgIpc) is 2.71. The monoisotopic (exact) mass is 336 g/mol. The summed E-state index contributed by atoms with van der Waals surface area (Å²) < 4.78 is 0. The van der Waals surface area contributed by atoms with Gasteiger partial charge in [0.2, 0.25) is 0 Å². The van der Waals surface area contributed by atoms with Gasteiger partial charge in [-0.1, -0.05) is 72.8 Å². The summed E-state index contributed by atoms with van der Waals surface area (Å²) >= 11 is 0. The minimum absolute atomic E-state index is 1.04. The van der Waals surface area contributed by atoms with E-state index >= 15 is 0 Å². The first-order valence-electron chi connectivity index (χ1n) is 8.72. The Hall–Kier alpha value is -3.52. The molecule has 0 amide bonds. The molecule has 0 fully saturated rings. The van der Waals surface area contributed by atoms with Crippen molar-refractivity contribution in [3.05, 3.63) is 109 Å². The van der Waals surface area contributed by atoms with Gasteiger partial charge in [0.25, 0.3) is 0 Å². The van der Waals surface area contributed by atoms with E-state index in [0.717, 1.165) is 22.7 Å². The Morgan fingerprint density at radius 2 is 0.885 bits per heavy atom. The van der Waals surface area contributed by atoms with E-state index in [1.807, 2.05) is 42.5 Å². The summed E-state index contributed by atoms with van der Waals surface area (Å²) in [5.74, 6) is 0. The lowest BCUT2D eigenvalue weighted by Crippen LogP contribution is -1.98. The van der Waals surface area contributed by atoms with Crippen LogP contribution in [0.2, 0.25) is 0 Å². The van der Waals surface area contributed by atoms with Crippen LogP contribution in [0.5, 0.6) is 0 Å². The van der Waals surface area contributed by atoms with E-state index in [-0.39, 0.29) is 0 Å². The highest BCUT2D eigenvalue weighted by Gasteiger charge is 2.07. The van der Waals surface area contributed by atoms with Crippen molar-refractivity contribution in [1.29, 1.82) is 0 Å². The van der Waals surface area contributed by atoms with Crippen LogP contribution >= 0.6 is 0 Å². The van der Waals surface area contributed by atoms with Gasteiger partial charge in [0.1, 0.15) is 0 Å². The van der Waals surface area contributed by atoms with Gasteiger partial charge in [0.15, 0.2) is 0 Å². The molecule has 0 aromatic heterocycles. The molecule has 2 heteroatoms. The summed E-state index contributed by atoms with van der Waals surface area (Å²) in [6.07, 6.45) is 0. The Morgan fingerprint density at radius 3 is 1.46 bits per heavy atom. The van der Waals surface area contributed by atoms with E-state index in [1.54, 1.807) is 0 Å². The van der Waals surface area contributed by atoms with E-state index in [4.69, 9.17) is 0 Å². The molecule has 0 aliphatic rings. The first kappa shape index (κ1) is 16.0. The lowest BCUT2D eigenvalue weighted by Gasteiger charge is -2.16. The summed E-state index contributed by atoms with van der Waals surface area (Å²) in [5, 5.41) is 7.05. The van der Waals surface area contributed by atoms with Crippen molar-refractivity contribution in [2.24, 2.45) is 0 Å². The van der Waals surface area contributed by atoms with Crippen molar-refractivity contribution in [3.63, 3.8) is 0 Å². The molecule has 4 aromatic rings. The van der Waals surface area contributed by atoms with Gasteiger partial charge in [-0.25, -0.2) is 0 Å². The Labute approximate surface area is 154 Å². The molecule has 0 radical (unpaired) electrons. The number of anilines is 4. The number of hydrogen-bond donors (Lipinski definition) is 2. The highest BCUT2D eigenvalue weighted by atomic mass is 15.0. The number of para-hydroxylation sites is 2. The smallest absolute Gasteiger partial charge is 0.0629 e. The molecule has 26 heavy (non-hydrogen) atoms. The minimum atomic E-state index is 1.04. The predicted octanol–water partition coefficient (Wildman–Crippen LogP) is 6.84. The van der Waals surface area contributed by atoms with Gasteiger partial charge in [-0.2, -0.15) is 0 Å². The van der Waals surface area contributed by atoms with Gasteiger partial charge in [-0.3, -0.25) is 0 Å². The zero-order valence-corrected chi connectivity index (χ0v) is 14.4. The second kappa shape index (κ2) is 7.58. The third kappa shape index (κ3) is 3.76. The third-order valence-electron chi connectivity index (χ3n) is 4.23. The number of nitrogens with one attached hydrogen (secondary N) is 2. The lowest BCUT2D eigenvalue weighted by atomic mass is 10.0. The topological polar surface area (TPSA) is 24.1 Å². The van der Waals surface area contributed by atoms with Crippen LogP contribution < -0.4 is 10.6 Å². The van der Waals surface area contributed by atoms with Crippen LogP contribution in [0.15, 0.2) is 109 Å². The minimum Gasteiger partial charge on any atom is -0.354 e. The van der Waals surface area contributed by atoms with Gasteiger partial charge in [0, 0.05) is 11.4 Å². The van der Waals surface area contributed by atoms with E-state index in [0.29, 0.717) is 0 Å². The quantitative estimate of drug-likeness (QED) is 0.417. The van der Waals surface area contributed by atoms with Crippen molar-refractivity contribution in [2.75, 3.05) is 10.6 Å². The normalized spacial score (nSPS) is 10.3. The van der Waals surface area contributed by atoms with Crippen molar-refractivity contribution in [1.82, 2.24) is 0 Å². The molecular formula is C24H20N2. The summed E-state index contributed by atoms with van der Waals surface area (Å²) in [4.78, 5) is 0. The van der Waals surface area contributed by atoms with E-state index < -0.39 is 0 Å². The highest BCUT2D eigenvalue weighted by molar-refractivity contribution is 5.83. The lowest BCUT2D eigenvalue weighted by molar-refractivity contribution is 1.50. The van der Waals surface area contributed by atoms with Crippen LogP contribution in [0.25, 0.3) is 11.1 Å². The molecule has 0 spiro atoms. The SMILES string of the molecule is c1ccc(Nc2ccc(-c3ccccc3)cc2Nc2ccccc2)cc1. The Morgan fingerprint density at radius 1 is 0.385 bits per heavy atom. The summed E-state index contributed by atoms with van der Waals surface area (Å²) in [7, 11) is 0. The van der Waals surface area contributed by atoms with Crippen molar-refractivity contribution in [3.8, 4) is 11.1 Å². The van der Waals surface area contributed by atoms with Gasteiger partial charge in [-0.15, -0.1) is 0 Å². The van der Waals surface area contributed by atoms with Gasteiger partial charge >= 0.3 is 0 Å².